The molecule has 2 aliphatic rings. The van der Waals surface area contributed by atoms with Crippen LogP contribution in [0.15, 0.2) is 67.0 Å². The Morgan fingerprint density at radius 1 is 1.00 bits per heavy atom. The number of aromatic nitrogens is 2. The summed E-state index contributed by atoms with van der Waals surface area (Å²) in [5, 5.41) is 5.13. The van der Waals surface area contributed by atoms with Crippen molar-refractivity contribution >= 4 is 23.5 Å². The van der Waals surface area contributed by atoms with Gasteiger partial charge in [-0.2, -0.15) is 0 Å². The van der Waals surface area contributed by atoms with E-state index < -0.39 is 17.5 Å². The van der Waals surface area contributed by atoms with Crippen molar-refractivity contribution in [3.05, 3.63) is 89.4 Å². The van der Waals surface area contributed by atoms with Crippen molar-refractivity contribution in [2.45, 2.75) is 19.0 Å². The second-order valence-corrected chi connectivity index (χ2v) is 9.14. The first-order valence-corrected chi connectivity index (χ1v) is 11.5. The summed E-state index contributed by atoms with van der Waals surface area (Å²) in [4.78, 5) is 44.6. The Bertz CT molecular complexity index is 1560. The van der Waals surface area contributed by atoms with Crippen molar-refractivity contribution in [1.82, 2.24) is 24.9 Å². The summed E-state index contributed by atoms with van der Waals surface area (Å²) in [7, 11) is 1.55. The molecule has 6 rings (SSSR count). The number of benzene rings is 2. The first kappa shape index (κ1) is 21.8. The minimum atomic E-state index is -1.40. The summed E-state index contributed by atoms with van der Waals surface area (Å²) in [6.45, 7) is 2.29. The molecule has 0 saturated carbocycles. The number of hydrogen-bond donors (Lipinski definition) is 2. The van der Waals surface area contributed by atoms with E-state index in [4.69, 9.17) is 4.74 Å². The fraction of sp³-hybridized carbons (Fsp3) is 0.185. The maximum Gasteiger partial charge on any atom is 0.322 e. The molecule has 0 unspecified atom stereocenters. The summed E-state index contributed by atoms with van der Waals surface area (Å²) >= 11 is 0. The van der Waals surface area contributed by atoms with Crippen molar-refractivity contribution in [2.24, 2.45) is 0 Å². The zero-order chi connectivity index (χ0) is 25.0. The van der Waals surface area contributed by atoms with Crippen LogP contribution >= 0.6 is 0 Å². The summed E-state index contributed by atoms with van der Waals surface area (Å²) in [6, 6.07) is 16.2. The van der Waals surface area contributed by atoms with E-state index in [1.165, 1.54) is 0 Å². The molecule has 0 aliphatic carbocycles. The summed E-state index contributed by atoms with van der Waals surface area (Å²) in [5.74, 6) is -0.111. The number of methoxy groups -OCH3 is 1. The number of imide groups is 1. The number of carbonyl (C=O) groups excluding carboxylic acids is 3. The van der Waals surface area contributed by atoms with Crippen LogP contribution in [0.4, 0.5) is 4.79 Å². The van der Waals surface area contributed by atoms with Gasteiger partial charge in [0.2, 0.25) is 0 Å². The maximum absolute atomic E-state index is 13.2. The monoisotopic (exact) mass is 481 g/mol. The zero-order valence-electron chi connectivity index (χ0n) is 19.7. The lowest BCUT2D eigenvalue weighted by molar-refractivity contribution is -0.124. The van der Waals surface area contributed by atoms with E-state index in [0.717, 1.165) is 28.0 Å². The third-order valence-electron chi connectivity index (χ3n) is 6.85. The number of imidazole rings is 1. The highest BCUT2D eigenvalue weighted by atomic mass is 16.5. The van der Waals surface area contributed by atoms with Gasteiger partial charge < -0.3 is 19.4 Å². The quantitative estimate of drug-likeness (QED) is 0.427. The number of urea groups is 1. The van der Waals surface area contributed by atoms with Gasteiger partial charge in [-0.25, -0.2) is 9.78 Å². The number of ether oxygens (including phenoxy) is 1. The van der Waals surface area contributed by atoms with Gasteiger partial charge in [0.05, 0.1) is 19.3 Å². The van der Waals surface area contributed by atoms with Crippen LogP contribution in [0.3, 0.4) is 0 Å². The Kier molecular flexibility index (Phi) is 4.82. The summed E-state index contributed by atoms with van der Waals surface area (Å²) in [6.07, 6.45) is 3.96. The number of nitrogens with zero attached hydrogens (tertiary/aromatic N) is 3. The van der Waals surface area contributed by atoms with Crippen molar-refractivity contribution in [3.8, 4) is 16.9 Å². The topological polar surface area (TPSA) is 105 Å². The molecule has 2 aromatic heterocycles. The van der Waals surface area contributed by atoms with Gasteiger partial charge in [0.1, 0.15) is 11.4 Å². The second kappa shape index (κ2) is 7.94. The fourth-order valence-electron chi connectivity index (χ4n) is 5.02. The van der Waals surface area contributed by atoms with Gasteiger partial charge in [-0.15, -0.1) is 0 Å². The number of amides is 4. The molecule has 180 valence electrons. The van der Waals surface area contributed by atoms with E-state index >= 15 is 0 Å². The van der Waals surface area contributed by atoms with Crippen molar-refractivity contribution in [3.63, 3.8) is 0 Å². The van der Waals surface area contributed by atoms with Crippen LogP contribution in [-0.2, 0) is 16.9 Å². The van der Waals surface area contributed by atoms with Crippen molar-refractivity contribution in [2.75, 3.05) is 13.7 Å². The molecule has 1 fully saturated rings. The molecular weight excluding hydrogens is 458 g/mol. The first-order chi connectivity index (χ1) is 17.4. The summed E-state index contributed by atoms with van der Waals surface area (Å²) < 4.78 is 7.22. The SMILES string of the molecule is COc1ccc2c(c1)C(=O)N(C[C@@]1(c3ccc(-c4ccc5nc(C)cn5c4)cc3)NC(=O)NC1=O)C2. The Hall–Kier alpha value is -4.66. The molecule has 2 aromatic carbocycles. The van der Waals surface area contributed by atoms with Crippen LogP contribution in [0.25, 0.3) is 16.8 Å². The number of nitrogens with one attached hydrogen (secondary N) is 2. The van der Waals surface area contributed by atoms with Crippen LogP contribution in [0.5, 0.6) is 5.75 Å². The molecule has 0 radical (unpaired) electrons. The molecule has 9 nitrogen and oxygen atoms in total. The van der Waals surface area contributed by atoms with Crippen LogP contribution in [0.1, 0.15) is 27.2 Å². The van der Waals surface area contributed by atoms with E-state index in [2.05, 4.69) is 15.6 Å². The van der Waals surface area contributed by atoms with E-state index in [1.807, 2.05) is 66.2 Å². The number of carbonyl (C=O) groups is 3. The average Bonchev–Trinajstić information content (AvgIpc) is 3.50. The predicted octanol–water partition coefficient (Wildman–Crippen LogP) is 3.01. The van der Waals surface area contributed by atoms with E-state index in [0.29, 0.717) is 23.4 Å². The largest absolute Gasteiger partial charge is 0.497 e. The van der Waals surface area contributed by atoms with Crippen LogP contribution in [0.2, 0.25) is 0 Å². The Morgan fingerprint density at radius 3 is 2.50 bits per heavy atom. The molecule has 0 spiro atoms. The van der Waals surface area contributed by atoms with Gasteiger partial charge >= 0.3 is 6.03 Å². The number of hydrogen-bond acceptors (Lipinski definition) is 5. The molecule has 4 aromatic rings. The number of rotatable bonds is 5. The lowest BCUT2D eigenvalue weighted by Gasteiger charge is -2.31. The maximum atomic E-state index is 13.2. The van der Waals surface area contributed by atoms with Gasteiger partial charge in [0.15, 0.2) is 5.54 Å². The third kappa shape index (κ3) is 3.39. The molecule has 4 amide bonds. The normalized spacial score (nSPS) is 18.9. The predicted molar refractivity (Wildman–Crippen MR) is 131 cm³/mol. The molecule has 1 atom stereocenters. The number of pyridine rings is 1. The van der Waals surface area contributed by atoms with Gasteiger partial charge in [-0.05, 0) is 53.4 Å². The summed E-state index contributed by atoms with van der Waals surface area (Å²) in [5.41, 5.74) is 4.31. The van der Waals surface area contributed by atoms with Gasteiger partial charge in [0.25, 0.3) is 11.8 Å². The molecule has 36 heavy (non-hydrogen) atoms. The fourth-order valence-corrected chi connectivity index (χ4v) is 5.02. The van der Waals surface area contributed by atoms with Crippen molar-refractivity contribution < 1.29 is 19.1 Å². The molecule has 4 heterocycles. The highest BCUT2D eigenvalue weighted by Gasteiger charge is 2.50. The minimum Gasteiger partial charge on any atom is -0.497 e. The Labute approximate surface area is 206 Å². The smallest absolute Gasteiger partial charge is 0.322 e. The number of aryl methyl sites for hydroxylation is 1. The van der Waals surface area contributed by atoms with Gasteiger partial charge in [0, 0.05) is 24.5 Å². The average molecular weight is 482 g/mol. The van der Waals surface area contributed by atoms with Gasteiger partial charge in [-0.3, -0.25) is 14.9 Å². The van der Waals surface area contributed by atoms with E-state index in [9.17, 15) is 14.4 Å². The van der Waals surface area contributed by atoms with Crippen molar-refractivity contribution in [1.29, 1.82) is 0 Å². The highest BCUT2D eigenvalue weighted by Crippen LogP contribution is 2.33. The molecule has 0 bridgehead atoms. The highest BCUT2D eigenvalue weighted by molar-refractivity contribution is 6.08. The minimum absolute atomic E-state index is 0.0000213. The Balaban J connectivity index is 1.33. The third-order valence-corrected chi connectivity index (χ3v) is 6.85. The molecule has 2 N–H and O–H groups in total. The lowest BCUT2D eigenvalue weighted by atomic mass is 9.88. The van der Waals surface area contributed by atoms with E-state index in [-0.39, 0.29) is 12.5 Å². The van der Waals surface area contributed by atoms with E-state index in [1.54, 1.807) is 24.1 Å². The zero-order valence-corrected chi connectivity index (χ0v) is 19.7. The van der Waals surface area contributed by atoms with Gasteiger partial charge in [-0.1, -0.05) is 30.3 Å². The Morgan fingerprint density at radius 2 is 1.78 bits per heavy atom. The standard InChI is InChI=1S/C27H23N5O4/c1-16-12-31-13-18(6-10-23(31)28-16)17-3-7-20(8-4-17)27(25(34)29-26(35)30-27)15-32-14-19-5-9-21(36-2)11-22(19)24(32)33/h3-13H,14-15H2,1-2H3,(H2,29,30,34,35)/t27-/m0/s1. The lowest BCUT2D eigenvalue weighted by Crippen LogP contribution is -2.52. The molecule has 9 heteroatoms. The first-order valence-electron chi connectivity index (χ1n) is 11.5. The van der Waals surface area contributed by atoms with Crippen LogP contribution in [-0.4, -0.2) is 45.8 Å². The molecule has 2 aliphatic heterocycles. The molecule has 1 saturated heterocycles. The second-order valence-electron chi connectivity index (χ2n) is 9.14. The molecular formula is C27H23N5O4. The van der Waals surface area contributed by atoms with Crippen LogP contribution < -0.4 is 15.4 Å². The number of fused-ring (bicyclic) bond motifs is 2. The van der Waals surface area contributed by atoms with Crippen LogP contribution in [0, 0.1) is 6.92 Å².